The third-order valence-electron chi connectivity index (χ3n) is 4.11. The van der Waals surface area contributed by atoms with Crippen molar-refractivity contribution in [2.24, 2.45) is 5.92 Å². The molecule has 22 heavy (non-hydrogen) atoms. The second-order valence-corrected chi connectivity index (χ2v) is 7.59. The van der Waals surface area contributed by atoms with Crippen molar-refractivity contribution in [1.29, 1.82) is 0 Å². The summed E-state index contributed by atoms with van der Waals surface area (Å²) < 4.78 is 0. The summed E-state index contributed by atoms with van der Waals surface area (Å²) in [4.78, 5) is 31.8. The molecule has 2 N–H and O–H groups in total. The minimum absolute atomic E-state index is 0.0117. The maximum absolute atomic E-state index is 12.1. The van der Waals surface area contributed by atoms with E-state index < -0.39 is 0 Å². The first kappa shape index (κ1) is 15.6. The van der Waals surface area contributed by atoms with E-state index in [4.69, 9.17) is 0 Å². The van der Waals surface area contributed by atoms with Gasteiger partial charge in [0.25, 0.3) is 5.56 Å². The molecule has 118 valence electrons. The minimum Gasteiger partial charge on any atom is -0.352 e. The molecule has 0 unspecified atom stereocenters. The molecule has 1 saturated carbocycles. The van der Waals surface area contributed by atoms with Crippen molar-refractivity contribution in [3.05, 3.63) is 21.8 Å². The molecule has 3 rings (SSSR count). The fraction of sp³-hybridized carbons (Fsp3) is 0.533. The lowest BCUT2D eigenvalue weighted by Crippen LogP contribution is -2.41. The number of hydrogen-bond acceptors (Lipinski definition) is 5. The number of nitrogens with one attached hydrogen (secondary N) is 2. The second-order valence-electron chi connectivity index (χ2n) is 5.73. The number of aromatic amines is 1. The Labute approximate surface area is 136 Å². The molecule has 0 aromatic carbocycles. The van der Waals surface area contributed by atoms with E-state index in [1.54, 1.807) is 6.07 Å². The van der Waals surface area contributed by atoms with Gasteiger partial charge < -0.3 is 10.3 Å². The van der Waals surface area contributed by atoms with Crippen molar-refractivity contribution in [2.75, 3.05) is 5.75 Å². The molecule has 7 heteroatoms. The van der Waals surface area contributed by atoms with Crippen LogP contribution in [-0.2, 0) is 4.79 Å². The Morgan fingerprint density at radius 2 is 2.32 bits per heavy atom. The third-order valence-corrected chi connectivity index (χ3v) is 5.79. The zero-order chi connectivity index (χ0) is 15.5. The summed E-state index contributed by atoms with van der Waals surface area (Å²) in [6.45, 7) is 2.20. The third kappa shape index (κ3) is 3.52. The zero-order valence-corrected chi connectivity index (χ0v) is 14.1. The van der Waals surface area contributed by atoms with E-state index in [0.29, 0.717) is 21.3 Å². The maximum atomic E-state index is 12.1. The number of amides is 1. The molecule has 1 amide bonds. The Kier molecular flexibility index (Phi) is 4.83. The van der Waals surface area contributed by atoms with Gasteiger partial charge in [0.15, 0.2) is 5.16 Å². The van der Waals surface area contributed by atoms with Crippen LogP contribution in [0.2, 0.25) is 0 Å². The number of thiophene rings is 1. The van der Waals surface area contributed by atoms with Gasteiger partial charge in [-0.1, -0.05) is 31.5 Å². The summed E-state index contributed by atoms with van der Waals surface area (Å²) in [6, 6.07) is 2.05. The summed E-state index contributed by atoms with van der Waals surface area (Å²) in [5, 5.41) is 6.07. The second kappa shape index (κ2) is 6.83. The van der Waals surface area contributed by atoms with Gasteiger partial charge in [-0.2, -0.15) is 0 Å². The van der Waals surface area contributed by atoms with Crippen LogP contribution in [0.3, 0.4) is 0 Å². The standard InChI is InChI=1S/C15H19N3O2S2/c1-9-4-2-3-5-11(9)16-12(19)8-22-15-17-13(20)10-6-7-21-14(10)18-15/h6-7,9,11H,2-5,8H2,1H3,(H,16,19)(H,17,18,20)/t9-,11+/m1/s1. The molecule has 2 aromatic rings. The average molecular weight is 337 g/mol. The van der Waals surface area contributed by atoms with Crippen molar-refractivity contribution >= 4 is 39.2 Å². The topological polar surface area (TPSA) is 74.8 Å². The van der Waals surface area contributed by atoms with Gasteiger partial charge in [-0.25, -0.2) is 4.98 Å². The summed E-state index contributed by atoms with van der Waals surface area (Å²) in [6.07, 6.45) is 4.69. The first-order valence-electron chi connectivity index (χ1n) is 7.53. The quantitative estimate of drug-likeness (QED) is 0.664. The number of carbonyl (C=O) groups excluding carboxylic acids is 1. The van der Waals surface area contributed by atoms with E-state index in [1.165, 1.54) is 42.4 Å². The molecular formula is C15H19N3O2S2. The number of aromatic nitrogens is 2. The number of hydrogen-bond donors (Lipinski definition) is 2. The lowest BCUT2D eigenvalue weighted by atomic mass is 9.86. The number of H-pyrrole nitrogens is 1. The molecule has 5 nitrogen and oxygen atoms in total. The molecule has 2 atom stereocenters. The summed E-state index contributed by atoms with van der Waals surface area (Å²) in [5.74, 6) is 0.837. The van der Waals surface area contributed by atoms with Crippen molar-refractivity contribution in [3.63, 3.8) is 0 Å². The highest BCUT2D eigenvalue weighted by Gasteiger charge is 2.22. The molecule has 2 heterocycles. The van der Waals surface area contributed by atoms with Gasteiger partial charge in [0.05, 0.1) is 11.1 Å². The first-order valence-corrected chi connectivity index (χ1v) is 9.39. The van der Waals surface area contributed by atoms with Crippen LogP contribution in [0.25, 0.3) is 10.2 Å². The predicted octanol–water partition coefficient (Wildman–Crippen LogP) is 2.77. The minimum atomic E-state index is -0.143. The van der Waals surface area contributed by atoms with E-state index in [0.717, 1.165) is 6.42 Å². The average Bonchev–Trinajstić information content (AvgIpc) is 2.97. The smallest absolute Gasteiger partial charge is 0.260 e. The first-order chi connectivity index (χ1) is 10.6. The number of carbonyl (C=O) groups is 1. The van der Waals surface area contributed by atoms with Crippen molar-refractivity contribution in [1.82, 2.24) is 15.3 Å². The van der Waals surface area contributed by atoms with Crippen LogP contribution in [0, 0.1) is 5.92 Å². The molecule has 1 aliphatic carbocycles. The van der Waals surface area contributed by atoms with E-state index in [1.807, 2.05) is 5.38 Å². The Bertz CT molecular complexity index is 725. The van der Waals surface area contributed by atoms with Crippen molar-refractivity contribution in [2.45, 2.75) is 43.8 Å². The molecule has 2 aromatic heterocycles. The van der Waals surface area contributed by atoms with Crippen LogP contribution in [-0.4, -0.2) is 27.7 Å². The molecule has 0 saturated heterocycles. The lowest BCUT2D eigenvalue weighted by molar-refractivity contribution is -0.119. The van der Waals surface area contributed by atoms with E-state index in [2.05, 4.69) is 22.2 Å². The zero-order valence-electron chi connectivity index (χ0n) is 12.4. The van der Waals surface area contributed by atoms with Crippen LogP contribution >= 0.6 is 23.1 Å². The van der Waals surface area contributed by atoms with Crippen LogP contribution in [0.1, 0.15) is 32.6 Å². The Balaban J connectivity index is 1.58. The summed E-state index contributed by atoms with van der Waals surface area (Å²) in [7, 11) is 0. The Morgan fingerprint density at radius 3 is 3.14 bits per heavy atom. The van der Waals surface area contributed by atoms with Crippen LogP contribution in [0.4, 0.5) is 0 Å². The van der Waals surface area contributed by atoms with Crippen molar-refractivity contribution < 1.29 is 4.79 Å². The Morgan fingerprint density at radius 1 is 1.50 bits per heavy atom. The van der Waals surface area contributed by atoms with E-state index in [-0.39, 0.29) is 23.3 Å². The molecule has 0 radical (unpaired) electrons. The number of nitrogens with zero attached hydrogens (tertiary/aromatic N) is 1. The molecule has 1 fully saturated rings. The van der Waals surface area contributed by atoms with Crippen molar-refractivity contribution in [3.8, 4) is 0 Å². The highest BCUT2D eigenvalue weighted by molar-refractivity contribution is 7.99. The molecule has 0 spiro atoms. The molecular weight excluding hydrogens is 318 g/mol. The number of fused-ring (bicyclic) bond motifs is 1. The van der Waals surface area contributed by atoms with E-state index in [9.17, 15) is 9.59 Å². The van der Waals surface area contributed by atoms with Gasteiger partial charge in [0.2, 0.25) is 5.91 Å². The lowest BCUT2D eigenvalue weighted by Gasteiger charge is -2.29. The summed E-state index contributed by atoms with van der Waals surface area (Å²) in [5.41, 5.74) is -0.143. The fourth-order valence-electron chi connectivity index (χ4n) is 2.83. The number of rotatable bonds is 4. The van der Waals surface area contributed by atoms with Gasteiger partial charge in [-0.15, -0.1) is 11.3 Å². The van der Waals surface area contributed by atoms with Crippen LogP contribution in [0.5, 0.6) is 0 Å². The SMILES string of the molecule is C[C@@H]1CCCC[C@@H]1NC(=O)CSc1nc2sccc2c(=O)[nH]1. The van der Waals surface area contributed by atoms with E-state index >= 15 is 0 Å². The summed E-state index contributed by atoms with van der Waals surface area (Å²) >= 11 is 2.71. The fourth-order valence-corrected chi connectivity index (χ4v) is 4.32. The van der Waals surface area contributed by atoms with Gasteiger partial charge in [0.1, 0.15) is 4.83 Å². The maximum Gasteiger partial charge on any atom is 0.260 e. The largest absolute Gasteiger partial charge is 0.352 e. The van der Waals surface area contributed by atoms with Crippen LogP contribution < -0.4 is 10.9 Å². The van der Waals surface area contributed by atoms with Gasteiger partial charge >= 0.3 is 0 Å². The monoisotopic (exact) mass is 337 g/mol. The highest BCUT2D eigenvalue weighted by Crippen LogP contribution is 2.24. The van der Waals surface area contributed by atoms with Gasteiger partial charge in [0, 0.05) is 6.04 Å². The van der Waals surface area contributed by atoms with Gasteiger partial charge in [-0.3, -0.25) is 9.59 Å². The predicted molar refractivity (Wildman–Crippen MR) is 90.5 cm³/mol. The number of thioether (sulfide) groups is 1. The highest BCUT2D eigenvalue weighted by atomic mass is 32.2. The van der Waals surface area contributed by atoms with Gasteiger partial charge in [-0.05, 0) is 30.2 Å². The molecule has 0 bridgehead atoms. The Hall–Kier alpha value is -1.34. The van der Waals surface area contributed by atoms with Crippen LogP contribution in [0.15, 0.2) is 21.4 Å². The molecule has 1 aliphatic rings. The molecule has 0 aliphatic heterocycles. The normalized spacial score (nSPS) is 21.9.